The van der Waals surface area contributed by atoms with Crippen LogP contribution in [-0.4, -0.2) is 12.4 Å². The van der Waals surface area contributed by atoms with E-state index in [4.69, 9.17) is 13.7 Å². The molecule has 1 rings (SSSR count). The van der Waals surface area contributed by atoms with Crippen LogP contribution in [0.5, 0.6) is 0 Å². The summed E-state index contributed by atoms with van der Waals surface area (Å²) in [5.41, 5.74) is 0.900. The summed E-state index contributed by atoms with van der Waals surface area (Å²) < 4.78 is 14.6. The summed E-state index contributed by atoms with van der Waals surface area (Å²) in [5, 5.41) is 0. The molecule has 0 spiro atoms. The standard InChI is InChI=1S/C12H16O4S/c1-9(2)11(16-17)15-12(13)14-8-10-6-4-3-5-7-10/h3-7,9,11,17H,8H2,1-2H3. The van der Waals surface area contributed by atoms with Crippen molar-refractivity contribution in [3.63, 3.8) is 0 Å². The highest BCUT2D eigenvalue weighted by molar-refractivity contribution is 7.75. The van der Waals surface area contributed by atoms with Gasteiger partial charge in [0, 0.05) is 5.92 Å². The first-order valence-electron chi connectivity index (χ1n) is 5.31. The third kappa shape index (κ3) is 5.10. The number of thiol groups is 1. The van der Waals surface area contributed by atoms with Crippen molar-refractivity contribution in [3.05, 3.63) is 35.9 Å². The van der Waals surface area contributed by atoms with Crippen molar-refractivity contribution in [1.29, 1.82) is 0 Å². The Balaban J connectivity index is 2.35. The van der Waals surface area contributed by atoms with Crippen LogP contribution in [0.4, 0.5) is 4.79 Å². The molecule has 0 radical (unpaired) electrons. The van der Waals surface area contributed by atoms with Gasteiger partial charge >= 0.3 is 6.16 Å². The molecular weight excluding hydrogens is 240 g/mol. The molecule has 1 aromatic rings. The molecule has 0 bridgehead atoms. The molecule has 0 N–H and O–H groups in total. The number of rotatable bonds is 5. The lowest BCUT2D eigenvalue weighted by molar-refractivity contribution is -0.0793. The highest BCUT2D eigenvalue weighted by Crippen LogP contribution is 2.11. The zero-order valence-electron chi connectivity index (χ0n) is 9.83. The fourth-order valence-corrected chi connectivity index (χ4v) is 1.41. The summed E-state index contributed by atoms with van der Waals surface area (Å²) in [6.45, 7) is 3.88. The predicted octanol–water partition coefficient (Wildman–Crippen LogP) is 3.18. The van der Waals surface area contributed by atoms with Gasteiger partial charge in [0.1, 0.15) is 6.61 Å². The van der Waals surface area contributed by atoms with E-state index in [0.29, 0.717) is 0 Å². The summed E-state index contributed by atoms with van der Waals surface area (Å²) in [4.78, 5) is 11.3. The molecule has 0 aliphatic rings. The Kier molecular flexibility index (Phi) is 5.86. The lowest BCUT2D eigenvalue weighted by atomic mass is 10.2. The number of ether oxygens (including phenoxy) is 2. The second kappa shape index (κ2) is 7.19. The number of hydrogen-bond acceptors (Lipinski definition) is 5. The van der Waals surface area contributed by atoms with E-state index in [9.17, 15) is 4.79 Å². The van der Waals surface area contributed by atoms with Crippen LogP contribution in [0, 0.1) is 5.92 Å². The van der Waals surface area contributed by atoms with E-state index in [2.05, 4.69) is 12.9 Å². The molecule has 0 fully saturated rings. The van der Waals surface area contributed by atoms with Crippen molar-refractivity contribution in [2.45, 2.75) is 26.7 Å². The van der Waals surface area contributed by atoms with Gasteiger partial charge in [0.05, 0.1) is 0 Å². The molecule has 0 aliphatic carbocycles. The molecule has 0 aromatic heterocycles. The average Bonchev–Trinajstić information content (AvgIpc) is 2.34. The van der Waals surface area contributed by atoms with Gasteiger partial charge in [-0.2, -0.15) is 0 Å². The maximum Gasteiger partial charge on any atom is 0.510 e. The number of carbonyl (C=O) groups excluding carboxylic acids is 1. The van der Waals surface area contributed by atoms with Gasteiger partial charge < -0.3 is 9.47 Å². The molecule has 17 heavy (non-hydrogen) atoms. The number of benzene rings is 1. The average molecular weight is 256 g/mol. The van der Waals surface area contributed by atoms with Gasteiger partial charge in [-0.05, 0) is 18.5 Å². The molecule has 1 aromatic carbocycles. The lowest BCUT2D eigenvalue weighted by Crippen LogP contribution is -2.24. The van der Waals surface area contributed by atoms with E-state index >= 15 is 0 Å². The first kappa shape index (κ1) is 13.9. The quantitative estimate of drug-likeness (QED) is 0.380. The van der Waals surface area contributed by atoms with Gasteiger partial charge in [-0.25, -0.2) is 4.79 Å². The Hall–Kier alpha value is -1.20. The van der Waals surface area contributed by atoms with Crippen LogP contribution in [0.25, 0.3) is 0 Å². The lowest BCUT2D eigenvalue weighted by Gasteiger charge is -2.17. The van der Waals surface area contributed by atoms with Crippen LogP contribution >= 0.6 is 12.9 Å². The minimum Gasteiger partial charge on any atom is -0.429 e. The van der Waals surface area contributed by atoms with Crippen LogP contribution in [0.2, 0.25) is 0 Å². The minimum atomic E-state index is -0.762. The first-order chi connectivity index (χ1) is 8.13. The summed E-state index contributed by atoms with van der Waals surface area (Å²) >= 11 is 3.63. The number of hydrogen-bond donors (Lipinski definition) is 1. The van der Waals surface area contributed by atoms with Crippen molar-refractivity contribution in [3.8, 4) is 0 Å². The van der Waals surface area contributed by atoms with Crippen LogP contribution in [0.3, 0.4) is 0 Å². The molecule has 94 valence electrons. The highest BCUT2D eigenvalue weighted by atomic mass is 32.1. The van der Waals surface area contributed by atoms with Gasteiger partial charge in [-0.3, -0.25) is 4.18 Å². The van der Waals surface area contributed by atoms with Crippen molar-refractivity contribution in [2.24, 2.45) is 5.92 Å². The molecule has 5 heteroatoms. The molecule has 0 saturated carbocycles. The summed E-state index contributed by atoms with van der Waals surface area (Å²) in [7, 11) is 0. The Morgan fingerprint density at radius 1 is 1.29 bits per heavy atom. The fraction of sp³-hybridized carbons (Fsp3) is 0.417. The minimum absolute atomic E-state index is 0.0109. The maximum absolute atomic E-state index is 11.3. The third-order valence-corrected chi connectivity index (χ3v) is 2.27. The molecule has 0 amide bonds. The normalized spacial score (nSPS) is 12.2. The van der Waals surface area contributed by atoms with Gasteiger partial charge in [0.15, 0.2) is 0 Å². The Morgan fingerprint density at radius 3 is 2.47 bits per heavy atom. The summed E-state index contributed by atoms with van der Waals surface area (Å²) in [6, 6.07) is 9.37. The van der Waals surface area contributed by atoms with Gasteiger partial charge in [-0.15, -0.1) is 0 Å². The van der Waals surface area contributed by atoms with Crippen LogP contribution in [0.1, 0.15) is 19.4 Å². The van der Waals surface area contributed by atoms with Crippen molar-refractivity contribution < 1.29 is 18.5 Å². The van der Waals surface area contributed by atoms with Crippen molar-refractivity contribution in [1.82, 2.24) is 0 Å². The monoisotopic (exact) mass is 256 g/mol. The molecule has 0 aliphatic heterocycles. The van der Waals surface area contributed by atoms with Crippen LogP contribution in [-0.2, 0) is 20.3 Å². The highest BCUT2D eigenvalue weighted by Gasteiger charge is 2.18. The smallest absolute Gasteiger partial charge is 0.429 e. The molecule has 4 nitrogen and oxygen atoms in total. The largest absolute Gasteiger partial charge is 0.510 e. The van der Waals surface area contributed by atoms with Crippen molar-refractivity contribution in [2.75, 3.05) is 0 Å². The zero-order valence-corrected chi connectivity index (χ0v) is 10.7. The summed E-state index contributed by atoms with van der Waals surface area (Å²) in [5.74, 6) is 0.0109. The second-order valence-electron chi connectivity index (χ2n) is 3.86. The molecule has 1 atom stereocenters. The maximum atomic E-state index is 11.3. The van der Waals surface area contributed by atoms with E-state index in [1.807, 2.05) is 44.2 Å². The topological polar surface area (TPSA) is 44.8 Å². The van der Waals surface area contributed by atoms with E-state index in [0.717, 1.165) is 5.56 Å². The van der Waals surface area contributed by atoms with Gasteiger partial charge in [-0.1, -0.05) is 44.2 Å². The molecular formula is C12H16O4S. The summed E-state index contributed by atoms with van der Waals surface area (Å²) in [6.07, 6.45) is -1.47. The van der Waals surface area contributed by atoms with Crippen molar-refractivity contribution >= 4 is 19.1 Å². The van der Waals surface area contributed by atoms with Crippen LogP contribution in [0.15, 0.2) is 30.3 Å². The third-order valence-electron chi connectivity index (χ3n) is 2.06. The van der Waals surface area contributed by atoms with E-state index < -0.39 is 12.4 Å². The van der Waals surface area contributed by atoms with Gasteiger partial charge in [0.25, 0.3) is 0 Å². The predicted molar refractivity (Wildman–Crippen MR) is 66.4 cm³/mol. The number of carbonyl (C=O) groups is 1. The molecule has 0 heterocycles. The zero-order chi connectivity index (χ0) is 12.7. The fourth-order valence-electron chi connectivity index (χ4n) is 1.12. The first-order valence-corrected chi connectivity index (χ1v) is 5.67. The Morgan fingerprint density at radius 2 is 1.94 bits per heavy atom. The second-order valence-corrected chi connectivity index (χ2v) is 4.07. The molecule has 0 saturated heterocycles. The Labute approximate surface area is 106 Å². The van der Waals surface area contributed by atoms with Gasteiger partial charge in [0.2, 0.25) is 6.29 Å². The van der Waals surface area contributed by atoms with E-state index in [1.165, 1.54) is 0 Å². The molecule has 1 unspecified atom stereocenters. The van der Waals surface area contributed by atoms with E-state index in [1.54, 1.807) is 0 Å². The van der Waals surface area contributed by atoms with E-state index in [-0.39, 0.29) is 12.5 Å². The SMILES string of the molecule is CC(C)C(OS)OC(=O)OCc1ccccc1. The van der Waals surface area contributed by atoms with Crippen LogP contribution < -0.4 is 0 Å². The Bertz CT molecular complexity index is 340.